The summed E-state index contributed by atoms with van der Waals surface area (Å²) >= 11 is 0. The van der Waals surface area contributed by atoms with Gasteiger partial charge in [-0.15, -0.1) is 0 Å². The lowest BCUT2D eigenvalue weighted by atomic mass is 9.90. The first-order valence-corrected chi connectivity index (χ1v) is 8.50. The molecule has 1 aromatic carbocycles. The van der Waals surface area contributed by atoms with Crippen LogP contribution in [0.2, 0.25) is 0 Å². The molecule has 5 nitrogen and oxygen atoms in total. The van der Waals surface area contributed by atoms with Gasteiger partial charge in [-0.2, -0.15) is 0 Å². The maximum absolute atomic E-state index is 12.7. The van der Waals surface area contributed by atoms with Gasteiger partial charge in [0, 0.05) is 43.2 Å². The third-order valence-corrected chi connectivity index (χ3v) is 4.55. The summed E-state index contributed by atoms with van der Waals surface area (Å²) in [6.07, 6.45) is 10.8. The number of pyridine rings is 1. The molecule has 0 fully saturated rings. The molecule has 3 aromatic rings. The third-order valence-electron chi connectivity index (χ3n) is 4.55. The molecule has 1 unspecified atom stereocenters. The Bertz CT molecular complexity index is 928. The number of benzene rings is 1. The van der Waals surface area contributed by atoms with Crippen molar-refractivity contribution in [2.24, 2.45) is 0 Å². The number of amides is 1. The monoisotopic (exact) mass is 332 g/mol. The van der Waals surface area contributed by atoms with Crippen LogP contribution < -0.4 is 10.6 Å². The average molecular weight is 332 g/mol. The van der Waals surface area contributed by atoms with Gasteiger partial charge in [-0.3, -0.25) is 4.79 Å². The molecule has 2 aromatic heterocycles. The van der Waals surface area contributed by atoms with Crippen molar-refractivity contribution >= 4 is 11.6 Å². The third kappa shape index (κ3) is 3.26. The van der Waals surface area contributed by atoms with Crippen molar-refractivity contribution in [2.45, 2.75) is 18.9 Å². The van der Waals surface area contributed by atoms with E-state index in [2.05, 4.69) is 21.7 Å². The standard InChI is InChI=1S/C20H20N4O/c25-20(23-13-15-5-6-19-22-11-12-24(19)14-15)18-4-2-1-3-17(18)16-7-9-21-10-8-16/h1-7,9,11-12,14,16,21H,8,10,13H2,(H,23,25). The fourth-order valence-corrected chi connectivity index (χ4v) is 3.24. The zero-order chi connectivity index (χ0) is 17.1. The predicted octanol–water partition coefficient (Wildman–Crippen LogP) is 2.85. The zero-order valence-corrected chi connectivity index (χ0v) is 13.9. The lowest BCUT2D eigenvalue weighted by Crippen LogP contribution is -2.25. The summed E-state index contributed by atoms with van der Waals surface area (Å²) < 4.78 is 1.95. The second-order valence-electron chi connectivity index (χ2n) is 6.21. The second kappa shape index (κ2) is 6.81. The van der Waals surface area contributed by atoms with Crippen LogP contribution in [0.15, 0.2) is 67.3 Å². The molecular formula is C20H20N4O. The number of carbonyl (C=O) groups excluding carboxylic acids is 1. The molecule has 126 valence electrons. The smallest absolute Gasteiger partial charge is 0.251 e. The van der Waals surface area contributed by atoms with Gasteiger partial charge in [-0.25, -0.2) is 4.98 Å². The first-order valence-electron chi connectivity index (χ1n) is 8.50. The zero-order valence-electron chi connectivity index (χ0n) is 13.9. The van der Waals surface area contributed by atoms with Gasteiger partial charge in [-0.05, 0) is 35.9 Å². The Morgan fingerprint density at radius 3 is 3.08 bits per heavy atom. The van der Waals surface area contributed by atoms with Gasteiger partial charge in [0.2, 0.25) is 0 Å². The number of nitrogens with one attached hydrogen (secondary N) is 2. The number of carbonyl (C=O) groups is 1. The highest BCUT2D eigenvalue weighted by molar-refractivity contribution is 5.95. The van der Waals surface area contributed by atoms with Crippen LogP contribution in [0, 0.1) is 0 Å². The van der Waals surface area contributed by atoms with Crippen molar-refractivity contribution in [1.82, 2.24) is 20.0 Å². The van der Waals surface area contributed by atoms with Crippen LogP contribution in [-0.4, -0.2) is 21.8 Å². The van der Waals surface area contributed by atoms with Gasteiger partial charge >= 0.3 is 0 Å². The quantitative estimate of drug-likeness (QED) is 0.772. The minimum atomic E-state index is -0.0340. The molecule has 0 saturated heterocycles. The molecule has 1 amide bonds. The van der Waals surface area contributed by atoms with Gasteiger partial charge in [0.1, 0.15) is 5.65 Å². The second-order valence-corrected chi connectivity index (χ2v) is 6.21. The van der Waals surface area contributed by atoms with Crippen LogP contribution in [-0.2, 0) is 6.54 Å². The number of rotatable bonds is 4. The summed E-state index contributed by atoms with van der Waals surface area (Å²) in [4.78, 5) is 17.0. The van der Waals surface area contributed by atoms with Crippen LogP contribution in [0.5, 0.6) is 0 Å². The summed E-state index contributed by atoms with van der Waals surface area (Å²) in [5, 5.41) is 6.24. The molecule has 1 aliphatic heterocycles. The van der Waals surface area contributed by atoms with Crippen LogP contribution in [0.3, 0.4) is 0 Å². The van der Waals surface area contributed by atoms with Crippen molar-refractivity contribution in [3.05, 3.63) is 84.0 Å². The van der Waals surface area contributed by atoms with Gasteiger partial charge in [0.15, 0.2) is 0 Å². The van der Waals surface area contributed by atoms with Crippen LogP contribution >= 0.6 is 0 Å². The summed E-state index contributed by atoms with van der Waals surface area (Å²) in [6.45, 7) is 1.42. The van der Waals surface area contributed by atoms with Gasteiger partial charge in [-0.1, -0.05) is 30.3 Å². The lowest BCUT2D eigenvalue weighted by molar-refractivity contribution is 0.0949. The first kappa shape index (κ1) is 15.4. The molecule has 0 saturated carbocycles. The molecule has 1 aliphatic rings. The van der Waals surface area contributed by atoms with Crippen molar-refractivity contribution in [3.8, 4) is 0 Å². The Hall–Kier alpha value is -3.08. The summed E-state index contributed by atoms with van der Waals surface area (Å²) in [5.74, 6) is 0.249. The molecule has 3 heterocycles. The molecule has 0 aliphatic carbocycles. The van der Waals surface area contributed by atoms with Crippen molar-refractivity contribution in [1.29, 1.82) is 0 Å². The SMILES string of the molecule is O=C(NCc1ccc2nccn2c1)c1ccccc1C1C=CNCC1. The van der Waals surface area contributed by atoms with E-state index in [0.29, 0.717) is 6.54 Å². The molecule has 4 rings (SSSR count). The van der Waals surface area contributed by atoms with E-state index in [1.54, 1.807) is 6.20 Å². The molecule has 2 N–H and O–H groups in total. The number of hydrogen-bond acceptors (Lipinski definition) is 3. The Morgan fingerprint density at radius 2 is 2.20 bits per heavy atom. The number of hydrogen-bond donors (Lipinski definition) is 2. The molecule has 0 spiro atoms. The van der Waals surface area contributed by atoms with Gasteiger partial charge < -0.3 is 15.0 Å². The van der Waals surface area contributed by atoms with Gasteiger partial charge in [0.25, 0.3) is 5.91 Å². The predicted molar refractivity (Wildman–Crippen MR) is 97.3 cm³/mol. The lowest BCUT2D eigenvalue weighted by Gasteiger charge is -2.20. The number of aromatic nitrogens is 2. The van der Waals surface area contributed by atoms with E-state index in [0.717, 1.165) is 35.3 Å². The number of fused-ring (bicyclic) bond motifs is 1. The molecule has 1 atom stereocenters. The van der Waals surface area contributed by atoms with E-state index in [4.69, 9.17) is 0 Å². The number of nitrogens with zero attached hydrogens (tertiary/aromatic N) is 2. The molecule has 5 heteroatoms. The summed E-state index contributed by atoms with van der Waals surface area (Å²) in [6, 6.07) is 11.8. The molecular weight excluding hydrogens is 312 g/mol. The van der Waals surface area contributed by atoms with E-state index in [9.17, 15) is 4.79 Å². The average Bonchev–Trinajstić information content (AvgIpc) is 3.14. The fraction of sp³-hybridized carbons (Fsp3) is 0.200. The van der Waals surface area contributed by atoms with Crippen LogP contribution in [0.25, 0.3) is 5.65 Å². The van der Waals surface area contributed by atoms with E-state index >= 15 is 0 Å². The maximum Gasteiger partial charge on any atom is 0.251 e. The molecule has 0 radical (unpaired) electrons. The van der Waals surface area contributed by atoms with Gasteiger partial charge in [0.05, 0.1) is 0 Å². The summed E-state index contributed by atoms with van der Waals surface area (Å²) in [5.41, 5.74) is 3.78. The summed E-state index contributed by atoms with van der Waals surface area (Å²) in [7, 11) is 0. The van der Waals surface area contributed by atoms with E-state index in [-0.39, 0.29) is 11.8 Å². The number of allylic oxidation sites excluding steroid dienone is 1. The van der Waals surface area contributed by atoms with Crippen molar-refractivity contribution in [2.75, 3.05) is 6.54 Å². The van der Waals surface area contributed by atoms with Crippen molar-refractivity contribution in [3.63, 3.8) is 0 Å². The van der Waals surface area contributed by atoms with Crippen LogP contribution in [0.1, 0.15) is 33.8 Å². The van der Waals surface area contributed by atoms with E-state index < -0.39 is 0 Å². The fourth-order valence-electron chi connectivity index (χ4n) is 3.24. The Balaban J connectivity index is 1.51. The first-order chi connectivity index (χ1) is 12.3. The molecule has 25 heavy (non-hydrogen) atoms. The largest absolute Gasteiger partial charge is 0.391 e. The Morgan fingerprint density at radius 1 is 1.28 bits per heavy atom. The highest BCUT2D eigenvalue weighted by Crippen LogP contribution is 2.26. The highest BCUT2D eigenvalue weighted by Gasteiger charge is 2.18. The molecule has 0 bridgehead atoms. The van der Waals surface area contributed by atoms with Crippen molar-refractivity contribution < 1.29 is 4.79 Å². The van der Waals surface area contributed by atoms with Crippen LogP contribution in [0.4, 0.5) is 0 Å². The minimum absolute atomic E-state index is 0.0340. The minimum Gasteiger partial charge on any atom is -0.391 e. The topological polar surface area (TPSA) is 58.4 Å². The normalized spacial score (nSPS) is 16.6. The Kier molecular flexibility index (Phi) is 4.21. The Labute approximate surface area is 146 Å². The maximum atomic E-state index is 12.7. The van der Waals surface area contributed by atoms with E-state index in [1.807, 2.05) is 59.4 Å². The highest BCUT2D eigenvalue weighted by atomic mass is 16.1. The van der Waals surface area contributed by atoms with E-state index in [1.165, 1.54) is 0 Å². The number of imidazole rings is 1.